The third-order valence-electron chi connectivity index (χ3n) is 4.63. The fraction of sp³-hybridized carbons (Fsp3) is 0.222. The van der Waals surface area contributed by atoms with E-state index in [4.69, 9.17) is 0 Å². The molecule has 0 aliphatic carbocycles. The van der Waals surface area contributed by atoms with Crippen molar-refractivity contribution < 1.29 is 9.59 Å². The molecular formula is C18H15NO2. The predicted molar refractivity (Wildman–Crippen MR) is 78.9 cm³/mol. The topological polar surface area (TPSA) is 37.4 Å². The molecule has 104 valence electrons. The summed E-state index contributed by atoms with van der Waals surface area (Å²) in [5.41, 5.74) is 2.12. The van der Waals surface area contributed by atoms with Crippen LogP contribution in [0.1, 0.15) is 34.3 Å². The maximum Gasteiger partial charge on any atom is 0.255 e. The van der Waals surface area contributed by atoms with Crippen LogP contribution in [0.4, 0.5) is 0 Å². The Morgan fingerprint density at radius 2 is 1.62 bits per heavy atom. The molecule has 3 heteroatoms. The molecule has 0 N–H and O–H groups in total. The van der Waals surface area contributed by atoms with Crippen molar-refractivity contribution in [1.29, 1.82) is 0 Å². The van der Waals surface area contributed by atoms with Crippen LogP contribution in [-0.2, 0) is 10.3 Å². The smallest absolute Gasteiger partial charge is 0.255 e. The number of carbonyl (C=O) groups is 2. The van der Waals surface area contributed by atoms with Crippen molar-refractivity contribution in [1.82, 2.24) is 4.90 Å². The van der Waals surface area contributed by atoms with E-state index in [1.807, 2.05) is 59.5 Å². The maximum absolute atomic E-state index is 12.7. The summed E-state index contributed by atoms with van der Waals surface area (Å²) in [6.07, 6.45) is 0.827. The standard InChI is InChI=1S/C18H15NO2/c20-14-10-11-19-17(21)15-8-4-5-9-16(15)18(19,12-14)13-6-2-1-3-7-13/h1-9H,10-12H2. The number of amides is 1. The maximum atomic E-state index is 12.7. The van der Waals surface area contributed by atoms with E-state index in [2.05, 4.69) is 0 Å². The molecule has 1 atom stereocenters. The fourth-order valence-electron chi connectivity index (χ4n) is 3.71. The van der Waals surface area contributed by atoms with Gasteiger partial charge in [-0.05, 0) is 17.2 Å². The Hall–Kier alpha value is -2.42. The molecule has 2 aromatic rings. The Morgan fingerprint density at radius 3 is 2.43 bits per heavy atom. The summed E-state index contributed by atoms with van der Waals surface area (Å²) >= 11 is 0. The summed E-state index contributed by atoms with van der Waals surface area (Å²) in [6.45, 7) is 0.501. The molecule has 1 saturated heterocycles. The predicted octanol–water partition coefficient (Wildman–Crippen LogP) is 2.75. The van der Waals surface area contributed by atoms with Crippen LogP contribution in [0.25, 0.3) is 0 Å². The average molecular weight is 277 g/mol. The SMILES string of the molecule is O=C1CCN2C(=O)c3ccccc3C2(c2ccccc2)C1. The molecule has 1 unspecified atom stereocenters. The van der Waals surface area contributed by atoms with E-state index in [1.54, 1.807) is 0 Å². The van der Waals surface area contributed by atoms with Gasteiger partial charge in [-0.15, -0.1) is 0 Å². The molecule has 0 radical (unpaired) electrons. The molecule has 2 aliphatic rings. The van der Waals surface area contributed by atoms with Crippen molar-refractivity contribution in [3.63, 3.8) is 0 Å². The Balaban J connectivity index is 2.02. The summed E-state index contributed by atoms with van der Waals surface area (Å²) < 4.78 is 0. The fourth-order valence-corrected chi connectivity index (χ4v) is 3.71. The average Bonchev–Trinajstić information content (AvgIpc) is 2.79. The lowest BCUT2D eigenvalue weighted by Crippen LogP contribution is -2.50. The number of nitrogens with zero attached hydrogens (tertiary/aromatic N) is 1. The highest BCUT2D eigenvalue weighted by Gasteiger charge is 2.53. The van der Waals surface area contributed by atoms with Crippen LogP contribution in [0, 0.1) is 0 Å². The number of carbonyl (C=O) groups excluding carboxylic acids is 2. The molecule has 2 heterocycles. The van der Waals surface area contributed by atoms with E-state index >= 15 is 0 Å². The van der Waals surface area contributed by atoms with Gasteiger partial charge in [0.1, 0.15) is 11.3 Å². The van der Waals surface area contributed by atoms with Gasteiger partial charge in [0.25, 0.3) is 5.91 Å². The molecule has 1 fully saturated rings. The highest BCUT2D eigenvalue weighted by atomic mass is 16.2. The Labute approximate surface area is 123 Å². The number of hydrogen-bond acceptors (Lipinski definition) is 2. The zero-order valence-electron chi connectivity index (χ0n) is 11.6. The lowest BCUT2D eigenvalue weighted by Gasteiger charge is -2.42. The summed E-state index contributed by atoms with van der Waals surface area (Å²) in [6, 6.07) is 17.6. The van der Waals surface area contributed by atoms with Crippen molar-refractivity contribution in [3.8, 4) is 0 Å². The third-order valence-corrected chi connectivity index (χ3v) is 4.63. The van der Waals surface area contributed by atoms with Crippen LogP contribution in [-0.4, -0.2) is 23.1 Å². The summed E-state index contributed by atoms with van der Waals surface area (Å²) in [7, 11) is 0. The van der Waals surface area contributed by atoms with E-state index in [9.17, 15) is 9.59 Å². The van der Waals surface area contributed by atoms with Crippen molar-refractivity contribution >= 4 is 11.7 Å². The molecule has 0 bridgehead atoms. The highest BCUT2D eigenvalue weighted by Crippen LogP contribution is 2.48. The minimum atomic E-state index is -0.607. The second kappa shape index (κ2) is 4.29. The molecule has 21 heavy (non-hydrogen) atoms. The van der Waals surface area contributed by atoms with E-state index < -0.39 is 5.54 Å². The van der Waals surface area contributed by atoms with Crippen LogP contribution < -0.4 is 0 Å². The largest absolute Gasteiger partial charge is 0.324 e. The number of ketones is 1. The first-order valence-corrected chi connectivity index (χ1v) is 7.22. The van der Waals surface area contributed by atoms with Crippen LogP contribution in [0.5, 0.6) is 0 Å². The first-order valence-electron chi connectivity index (χ1n) is 7.22. The Morgan fingerprint density at radius 1 is 0.905 bits per heavy atom. The van der Waals surface area contributed by atoms with Crippen LogP contribution in [0.3, 0.4) is 0 Å². The van der Waals surface area contributed by atoms with E-state index in [0.29, 0.717) is 19.4 Å². The van der Waals surface area contributed by atoms with Crippen molar-refractivity contribution in [2.24, 2.45) is 0 Å². The van der Waals surface area contributed by atoms with Gasteiger partial charge >= 0.3 is 0 Å². The van der Waals surface area contributed by atoms with Crippen LogP contribution >= 0.6 is 0 Å². The second-order valence-electron chi connectivity index (χ2n) is 5.69. The number of piperidine rings is 1. The first-order chi connectivity index (χ1) is 10.2. The van der Waals surface area contributed by atoms with Gasteiger partial charge < -0.3 is 4.90 Å². The lowest BCUT2D eigenvalue weighted by molar-refractivity contribution is -0.124. The second-order valence-corrected chi connectivity index (χ2v) is 5.69. The minimum Gasteiger partial charge on any atom is -0.324 e. The first kappa shape index (κ1) is 12.3. The zero-order valence-corrected chi connectivity index (χ0v) is 11.6. The summed E-state index contributed by atoms with van der Waals surface area (Å²) in [4.78, 5) is 26.8. The zero-order chi connectivity index (χ0) is 14.4. The van der Waals surface area contributed by atoms with E-state index in [-0.39, 0.29) is 11.7 Å². The minimum absolute atomic E-state index is 0.0435. The molecule has 2 aliphatic heterocycles. The van der Waals surface area contributed by atoms with Gasteiger partial charge in [0.15, 0.2) is 0 Å². The Bertz CT molecular complexity index is 738. The van der Waals surface area contributed by atoms with Crippen LogP contribution in [0.2, 0.25) is 0 Å². The molecule has 0 saturated carbocycles. The van der Waals surface area contributed by atoms with Gasteiger partial charge in [-0.3, -0.25) is 9.59 Å². The number of Topliss-reactive ketones (excluding diaryl/α,β-unsaturated/α-hetero) is 1. The molecule has 2 aromatic carbocycles. The van der Waals surface area contributed by atoms with Gasteiger partial charge in [-0.2, -0.15) is 0 Å². The Kier molecular flexibility index (Phi) is 2.52. The van der Waals surface area contributed by atoms with E-state index in [0.717, 1.165) is 16.7 Å². The van der Waals surface area contributed by atoms with Crippen molar-refractivity contribution in [2.45, 2.75) is 18.4 Å². The number of hydrogen-bond donors (Lipinski definition) is 0. The van der Waals surface area contributed by atoms with Gasteiger partial charge in [-0.25, -0.2) is 0 Å². The highest BCUT2D eigenvalue weighted by molar-refractivity contribution is 6.03. The third kappa shape index (κ3) is 1.54. The van der Waals surface area contributed by atoms with Crippen molar-refractivity contribution in [3.05, 3.63) is 71.3 Å². The summed E-state index contributed by atoms with van der Waals surface area (Å²) in [5.74, 6) is 0.265. The monoisotopic (exact) mass is 277 g/mol. The molecule has 1 amide bonds. The van der Waals surface area contributed by atoms with E-state index in [1.165, 1.54) is 0 Å². The number of fused-ring (bicyclic) bond motifs is 3. The molecule has 0 aromatic heterocycles. The van der Waals surface area contributed by atoms with Gasteiger partial charge in [0.2, 0.25) is 0 Å². The quantitative estimate of drug-likeness (QED) is 0.803. The van der Waals surface area contributed by atoms with Crippen molar-refractivity contribution in [2.75, 3.05) is 6.54 Å². The molecule has 0 spiro atoms. The van der Waals surface area contributed by atoms with Crippen LogP contribution in [0.15, 0.2) is 54.6 Å². The van der Waals surface area contributed by atoms with Gasteiger partial charge in [-0.1, -0.05) is 48.5 Å². The molecule has 4 rings (SSSR count). The molecule has 3 nitrogen and oxygen atoms in total. The number of benzene rings is 2. The lowest BCUT2D eigenvalue weighted by atomic mass is 9.76. The summed E-state index contributed by atoms with van der Waals surface area (Å²) in [5, 5.41) is 0. The molecular weight excluding hydrogens is 262 g/mol. The van der Waals surface area contributed by atoms with Gasteiger partial charge in [0.05, 0.1) is 0 Å². The number of rotatable bonds is 1. The van der Waals surface area contributed by atoms with Gasteiger partial charge in [0, 0.05) is 24.9 Å². The normalized spacial score (nSPS) is 23.9.